The molecule has 0 aromatic carbocycles. The normalized spacial score (nSPS) is 20.9. The fourth-order valence-corrected chi connectivity index (χ4v) is 3.50. The fraction of sp³-hybridized carbons (Fsp3) is 0.857. The lowest BCUT2D eigenvalue weighted by Gasteiger charge is -2.21. The summed E-state index contributed by atoms with van der Waals surface area (Å²) in [6.07, 6.45) is 8.81. The third-order valence-corrected chi connectivity index (χ3v) is 5.02. The molecule has 0 unspecified atom stereocenters. The SMILES string of the molecule is O=C(NOS(=O)(=O)ONC(=O)C1CCCCC1)C1CCCCC1. The molecule has 2 fully saturated rings. The van der Waals surface area contributed by atoms with Crippen molar-refractivity contribution in [2.45, 2.75) is 64.2 Å². The minimum atomic E-state index is -4.51. The van der Waals surface area contributed by atoms with Gasteiger partial charge in [-0.15, -0.1) is 8.57 Å². The highest BCUT2D eigenvalue weighted by molar-refractivity contribution is 7.81. The van der Waals surface area contributed by atoms with Gasteiger partial charge in [0.05, 0.1) is 0 Å². The van der Waals surface area contributed by atoms with Crippen molar-refractivity contribution in [1.82, 2.24) is 11.0 Å². The molecule has 2 aliphatic rings. The second-order valence-corrected chi connectivity index (χ2v) is 7.33. The predicted molar refractivity (Wildman–Crippen MR) is 80.5 cm³/mol. The summed E-state index contributed by atoms with van der Waals surface area (Å²) in [4.78, 5) is 23.6. The maximum atomic E-state index is 11.8. The van der Waals surface area contributed by atoms with Crippen LogP contribution in [0.2, 0.25) is 0 Å². The molecular formula is C14H24N2O6S. The van der Waals surface area contributed by atoms with Gasteiger partial charge in [0.2, 0.25) is 11.8 Å². The van der Waals surface area contributed by atoms with E-state index in [9.17, 15) is 18.0 Å². The van der Waals surface area contributed by atoms with E-state index in [-0.39, 0.29) is 11.8 Å². The predicted octanol–water partition coefficient (Wildman–Crippen LogP) is 1.49. The van der Waals surface area contributed by atoms with Crippen molar-refractivity contribution in [1.29, 1.82) is 0 Å². The standard InChI is InChI=1S/C14H24N2O6S/c17-13(11-7-3-1-4-8-11)15-21-23(19,20)22-16-14(18)12-9-5-2-6-10-12/h11-12H,1-10H2,(H,15,17)(H,16,18). The van der Waals surface area contributed by atoms with Crippen molar-refractivity contribution in [2.24, 2.45) is 11.8 Å². The molecule has 2 rings (SSSR count). The van der Waals surface area contributed by atoms with Crippen LogP contribution in [0.1, 0.15) is 64.2 Å². The van der Waals surface area contributed by atoms with E-state index in [4.69, 9.17) is 0 Å². The van der Waals surface area contributed by atoms with Crippen molar-refractivity contribution in [3.63, 3.8) is 0 Å². The summed E-state index contributed by atoms with van der Waals surface area (Å²) in [6.45, 7) is 0. The fourth-order valence-electron chi connectivity index (χ4n) is 3.10. The molecule has 0 atom stereocenters. The molecule has 9 heteroatoms. The monoisotopic (exact) mass is 348 g/mol. The number of carbonyl (C=O) groups is 2. The largest absolute Gasteiger partial charge is 0.442 e. The van der Waals surface area contributed by atoms with Gasteiger partial charge < -0.3 is 0 Å². The lowest BCUT2D eigenvalue weighted by Crippen LogP contribution is -2.38. The van der Waals surface area contributed by atoms with Crippen molar-refractivity contribution in [2.75, 3.05) is 0 Å². The lowest BCUT2D eigenvalue weighted by molar-refractivity contribution is -0.135. The summed E-state index contributed by atoms with van der Waals surface area (Å²) < 4.78 is 31.7. The number of nitrogens with one attached hydrogen (secondary N) is 2. The second-order valence-electron chi connectivity index (χ2n) is 6.18. The zero-order chi connectivity index (χ0) is 16.7. The Morgan fingerprint density at radius 3 is 1.39 bits per heavy atom. The molecule has 0 aromatic rings. The molecule has 0 aromatic heterocycles. The molecule has 0 radical (unpaired) electrons. The van der Waals surface area contributed by atoms with Crippen LogP contribution in [0.5, 0.6) is 0 Å². The summed E-state index contributed by atoms with van der Waals surface area (Å²) in [7, 11) is -4.51. The molecule has 0 aliphatic heterocycles. The number of hydroxylamine groups is 2. The van der Waals surface area contributed by atoms with Crippen molar-refractivity contribution in [3.8, 4) is 0 Å². The molecule has 2 saturated carbocycles. The van der Waals surface area contributed by atoms with Gasteiger partial charge in [0, 0.05) is 11.8 Å². The Kier molecular flexibility index (Phi) is 6.79. The van der Waals surface area contributed by atoms with Crippen molar-refractivity contribution in [3.05, 3.63) is 0 Å². The van der Waals surface area contributed by atoms with Crippen LogP contribution < -0.4 is 11.0 Å². The zero-order valence-electron chi connectivity index (χ0n) is 13.1. The zero-order valence-corrected chi connectivity index (χ0v) is 13.9. The highest BCUT2D eigenvalue weighted by atomic mass is 32.3. The summed E-state index contributed by atoms with van der Waals surface area (Å²) in [6, 6.07) is 0. The molecule has 2 aliphatic carbocycles. The molecular weight excluding hydrogens is 324 g/mol. The average Bonchev–Trinajstić information content (AvgIpc) is 2.59. The second kappa shape index (κ2) is 8.60. The maximum absolute atomic E-state index is 11.8. The molecule has 0 heterocycles. The van der Waals surface area contributed by atoms with Gasteiger partial charge in [0.15, 0.2) is 0 Å². The van der Waals surface area contributed by atoms with Gasteiger partial charge in [0.1, 0.15) is 0 Å². The summed E-state index contributed by atoms with van der Waals surface area (Å²) in [5.74, 6) is -1.43. The van der Waals surface area contributed by atoms with Crippen LogP contribution in [0.15, 0.2) is 0 Å². The third kappa shape index (κ3) is 6.08. The van der Waals surface area contributed by atoms with Gasteiger partial charge >= 0.3 is 10.4 Å². The molecule has 2 amide bonds. The van der Waals surface area contributed by atoms with Crippen molar-refractivity contribution < 1.29 is 26.6 Å². The van der Waals surface area contributed by atoms with Gasteiger partial charge in [-0.05, 0) is 25.7 Å². The van der Waals surface area contributed by atoms with Crippen LogP contribution in [-0.2, 0) is 28.6 Å². The van der Waals surface area contributed by atoms with Crippen LogP contribution in [0, 0.1) is 11.8 Å². The number of rotatable bonds is 6. The van der Waals surface area contributed by atoms with Crippen LogP contribution in [0.25, 0.3) is 0 Å². The van der Waals surface area contributed by atoms with E-state index in [0.717, 1.165) is 38.5 Å². The smallest absolute Gasteiger partial charge is 0.272 e. The first-order chi connectivity index (χ1) is 11.0. The number of carbonyl (C=O) groups excluding carboxylic acids is 2. The van der Waals surface area contributed by atoms with E-state index in [0.29, 0.717) is 25.7 Å². The van der Waals surface area contributed by atoms with E-state index < -0.39 is 22.2 Å². The molecule has 132 valence electrons. The molecule has 8 nitrogen and oxygen atoms in total. The first kappa shape index (κ1) is 18.2. The van der Waals surface area contributed by atoms with E-state index >= 15 is 0 Å². The highest BCUT2D eigenvalue weighted by Crippen LogP contribution is 2.24. The molecule has 0 saturated heterocycles. The quantitative estimate of drug-likeness (QED) is 0.704. The third-order valence-electron chi connectivity index (χ3n) is 4.44. The minimum Gasteiger partial charge on any atom is -0.272 e. The van der Waals surface area contributed by atoms with Crippen LogP contribution >= 0.6 is 0 Å². The maximum Gasteiger partial charge on any atom is 0.442 e. The van der Waals surface area contributed by atoms with Gasteiger partial charge in [-0.25, -0.2) is 11.0 Å². The van der Waals surface area contributed by atoms with E-state index in [1.165, 1.54) is 0 Å². The minimum absolute atomic E-state index is 0.240. The van der Waals surface area contributed by atoms with E-state index in [1.807, 2.05) is 11.0 Å². The Bertz CT molecular complexity index is 469. The number of hydrogen-bond donors (Lipinski definition) is 2. The van der Waals surface area contributed by atoms with Gasteiger partial charge in [-0.1, -0.05) is 38.5 Å². The van der Waals surface area contributed by atoms with Gasteiger partial charge in [0.25, 0.3) is 0 Å². The van der Waals surface area contributed by atoms with E-state index in [1.54, 1.807) is 0 Å². The van der Waals surface area contributed by atoms with E-state index in [2.05, 4.69) is 8.57 Å². The van der Waals surface area contributed by atoms with Crippen LogP contribution in [0.3, 0.4) is 0 Å². The Hall–Kier alpha value is -1.19. The Morgan fingerprint density at radius 2 is 1.04 bits per heavy atom. The Labute approximate surface area is 136 Å². The summed E-state index contributed by atoms with van der Waals surface area (Å²) in [5, 5.41) is 0. The Balaban J connectivity index is 1.71. The Morgan fingerprint density at radius 1 is 0.696 bits per heavy atom. The number of amides is 2. The molecule has 2 N–H and O–H groups in total. The molecule has 23 heavy (non-hydrogen) atoms. The lowest BCUT2D eigenvalue weighted by atomic mass is 9.89. The summed E-state index contributed by atoms with van der Waals surface area (Å²) in [5.41, 5.74) is 3.79. The van der Waals surface area contributed by atoms with Crippen LogP contribution in [0.4, 0.5) is 0 Å². The van der Waals surface area contributed by atoms with Crippen LogP contribution in [-0.4, -0.2) is 20.2 Å². The average molecular weight is 348 g/mol. The van der Waals surface area contributed by atoms with Gasteiger partial charge in [-0.2, -0.15) is 8.42 Å². The van der Waals surface area contributed by atoms with Gasteiger partial charge in [-0.3, -0.25) is 9.59 Å². The number of hydrogen-bond acceptors (Lipinski definition) is 6. The summed E-state index contributed by atoms with van der Waals surface area (Å²) >= 11 is 0. The van der Waals surface area contributed by atoms with Crippen molar-refractivity contribution >= 4 is 22.2 Å². The topological polar surface area (TPSA) is 111 Å². The molecule has 0 spiro atoms. The highest BCUT2D eigenvalue weighted by Gasteiger charge is 2.26. The first-order valence-electron chi connectivity index (χ1n) is 8.19. The first-order valence-corrected chi connectivity index (χ1v) is 9.53. The molecule has 0 bridgehead atoms.